The molecule has 2 heterocycles. The number of fused-ring (bicyclic) bond motifs is 1. The quantitative estimate of drug-likeness (QED) is 0.720. The Kier molecular flexibility index (Phi) is 4.59. The van der Waals surface area contributed by atoms with Gasteiger partial charge in [0.2, 0.25) is 0 Å². The first-order chi connectivity index (χ1) is 11.9. The molecule has 0 aliphatic carbocycles. The Morgan fingerprint density at radius 3 is 2.64 bits per heavy atom. The average molecular weight is 357 g/mol. The van der Waals surface area contributed by atoms with Crippen LogP contribution in [-0.4, -0.2) is 34.5 Å². The molecule has 2 aromatic heterocycles. The Morgan fingerprint density at radius 2 is 2.00 bits per heavy atom. The summed E-state index contributed by atoms with van der Waals surface area (Å²) in [5.74, 6) is 0.665. The lowest BCUT2D eigenvalue weighted by Gasteiger charge is -2.17. The van der Waals surface area contributed by atoms with Gasteiger partial charge in [-0.05, 0) is 30.2 Å². The summed E-state index contributed by atoms with van der Waals surface area (Å²) in [5, 5.41) is 0.524. The molecule has 1 aromatic carbocycles. The third kappa shape index (κ3) is 3.15. The maximum atomic E-state index is 12.8. The second-order valence-corrected chi connectivity index (χ2v) is 6.91. The molecule has 0 spiro atoms. The van der Waals surface area contributed by atoms with Gasteiger partial charge < -0.3 is 14.2 Å². The molecular weight excluding hydrogens is 338 g/mol. The molecule has 0 atom stereocenters. The first kappa shape index (κ1) is 17.2. The van der Waals surface area contributed by atoms with Crippen LogP contribution in [0.2, 0.25) is 0 Å². The minimum atomic E-state index is -0.129. The number of carbonyl (C=O) groups is 1. The van der Waals surface area contributed by atoms with Crippen LogP contribution in [0.1, 0.15) is 20.8 Å². The van der Waals surface area contributed by atoms with Gasteiger partial charge in [0.05, 0.1) is 23.7 Å². The highest BCUT2D eigenvalue weighted by molar-refractivity contribution is 7.20. The smallest absolute Gasteiger partial charge is 0.264 e. The van der Waals surface area contributed by atoms with Crippen LogP contribution in [0.5, 0.6) is 5.75 Å². The summed E-state index contributed by atoms with van der Waals surface area (Å²) in [4.78, 5) is 32.2. The van der Waals surface area contributed by atoms with Gasteiger partial charge in [0, 0.05) is 20.6 Å². The lowest BCUT2D eigenvalue weighted by molar-refractivity contribution is 0.0789. The number of nitrogens with zero attached hydrogens (tertiary/aromatic N) is 3. The Balaban J connectivity index is 1.89. The maximum Gasteiger partial charge on any atom is 0.264 e. The van der Waals surface area contributed by atoms with Gasteiger partial charge in [-0.3, -0.25) is 9.59 Å². The molecule has 0 aliphatic rings. The van der Waals surface area contributed by atoms with E-state index >= 15 is 0 Å². The van der Waals surface area contributed by atoms with E-state index in [0.717, 1.165) is 11.3 Å². The molecule has 1 amide bonds. The topological polar surface area (TPSA) is 64.4 Å². The maximum absolute atomic E-state index is 12.8. The molecule has 0 saturated heterocycles. The summed E-state index contributed by atoms with van der Waals surface area (Å²) < 4.78 is 6.57. The number of hydrogen-bond acceptors (Lipinski definition) is 5. The number of aromatic nitrogens is 2. The summed E-state index contributed by atoms with van der Waals surface area (Å²) in [5.41, 5.74) is 1.57. The van der Waals surface area contributed by atoms with Crippen molar-refractivity contribution < 1.29 is 9.53 Å². The van der Waals surface area contributed by atoms with E-state index in [9.17, 15) is 9.59 Å². The molecular formula is C18H19N3O3S. The Bertz CT molecular complexity index is 989. The highest BCUT2D eigenvalue weighted by Gasteiger charge is 2.21. The number of hydrogen-bond donors (Lipinski definition) is 0. The number of amides is 1. The van der Waals surface area contributed by atoms with E-state index in [1.54, 1.807) is 33.0 Å². The van der Waals surface area contributed by atoms with Crippen molar-refractivity contribution in [3.8, 4) is 5.75 Å². The Hall–Kier alpha value is -2.67. The number of rotatable bonds is 4. The van der Waals surface area contributed by atoms with Gasteiger partial charge in [-0.2, -0.15) is 0 Å². The normalized spacial score (nSPS) is 10.9. The molecule has 3 aromatic rings. The lowest BCUT2D eigenvalue weighted by atomic mass is 10.1. The standard InChI is InChI=1S/C18H19N3O3S/c1-11-14-16(19-10-21(3)17(14)22)25-15(11)18(23)20(2)9-12-5-7-13(24-4)8-6-12/h5-8,10H,9H2,1-4H3. The molecule has 0 radical (unpaired) electrons. The molecule has 0 unspecified atom stereocenters. The summed E-state index contributed by atoms with van der Waals surface area (Å²) in [7, 11) is 5.03. The van der Waals surface area contributed by atoms with Gasteiger partial charge in [0.1, 0.15) is 10.6 Å². The Labute approximate surface area is 149 Å². The third-order valence-electron chi connectivity index (χ3n) is 4.13. The molecule has 7 heteroatoms. The Morgan fingerprint density at radius 1 is 1.32 bits per heavy atom. The fourth-order valence-electron chi connectivity index (χ4n) is 2.66. The summed E-state index contributed by atoms with van der Waals surface area (Å²) >= 11 is 1.26. The molecule has 25 heavy (non-hydrogen) atoms. The van der Waals surface area contributed by atoms with Crippen LogP contribution in [0.3, 0.4) is 0 Å². The minimum absolute atomic E-state index is 0.113. The summed E-state index contributed by atoms with van der Waals surface area (Å²) in [6, 6.07) is 7.59. The van der Waals surface area contributed by atoms with Crippen molar-refractivity contribution in [3.05, 3.63) is 57.0 Å². The minimum Gasteiger partial charge on any atom is -0.497 e. The number of methoxy groups -OCH3 is 1. The van der Waals surface area contributed by atoms with Gasteiger partial charge in [0.15, 0.2) is 0 Å². The van der Waals surface area contributed by atoms with Crippen LogP contribution in [0.4, 0.5) is 0 Å². The van der Waals surface area contributed by atoms with Crippen LogP contribution >= 0.6 is 11.3 Å². The fraction of sp³-hybridized carbons (Fsp3) is 0.278. The largest absolute Gasteiger partial charge is 0.497 e. The van der Waals surface area contributed by atoms with E-state index < -0.39 is 0 Å². The van der Waals surface area contributed by atoms with Crippen molar-refractivity contribution in [2.45, 2.75) is 13.5 Å². The van der Waals surface area contributed by atoms with Crippen LogP contribution in [0.25, 0.3) is 10.2 Å². The lowest BCUT2D eigenvalue weighted by Crippen LogP contribution is -2.26. The van der Waals surface area contributed by atoms with Gasteiger partial charge in [-0.1, -0.05) is 12.1 Å². The monoisotopic (exact) mass is 357 g/mol. The zero-order valence-corrected chi connectivity index (χ0v) is 15.4. The van der Waals surface area contributed by atoms with Crippen LogP contribution in [0, 0.1) is 6.92 Å². The molecule has 0 saturated carbocycles. The predicted molar refractivity (Wildman–Crippen MR) is 98.4 cm³/mol. The average Bonchev–Trinajstić information content (AvgIpc) is 2.95. The molecule has 0 fully saturated rings. The number of aryl methyl sites for hydroxylation is 2. The SMILES string of the molecule is COc1ccc(CN(C)C(=O)c2sc3ncn(C)c(=O)c3c2C)cc1. The summed E-state index contributed by atoms with van der Waals surface area (Å²) in [6.45, 7) is 2.28. The van der Waals surface area contributed by atoms with Gasteiger partial charge >= 0.3 is 0 Å². The van der Waals surface area contributed by atoms with Crippen LogP contribution < -0.4 is 10.3 Å². The van der Waals surface area contributed by atoms with E-state index in [1.165, 1.54) is 22.2 Å². The van der Waals surface area contributed by atoms with E-state index in [0.29, 0.717) is 27.2 Å². The number of thiophene rings is 1. The van der Waals surface area contributed by atoms with E-state index in [4.69, 9.17) is 4.74 Å². The summed E-state index contributed by atoms with van der Waals surface area (Å²) in [6.07, 6.45) is 1.48. The second kappa shape index (κ2) is 6.68. The van der Waals surface area contributed by atoms with Crippen LogP contribution in [0.15, 0.2) is 35.4 Å². The first-order valence-electron chi connectivity index (χ1n) is 7.75. The number of ether oxygens (including phenoxy) is 1. The van der Waals surface area contributed by atoms with Crippen molar-refractivity contribution in [3.63, 3.8) is 0 Å². The van der Waals surface area contributed by atoms with Gasteiger partial charge in [-0.25, -0.2) is 4.98 Å². The highest BCUT2D eigenvalue weighted by Crippen LogP contribution is 2.28. The zero-order valence-electron chi connectivity index (χ0n) is 14.6. The molecule has 0 aliphatic heterocycles. The predicted octanol–water partition coefficient (Wildman–Crippen LogP) is 2.58. The fourth-order valence-corrected chi connectivity index (χ4v) is 3.80. The van der Waals surface area contributed by atoms with Gasteiger partial charge in [0.25, 0.3) is 11.5 Å². The molecule has 130 valence electrons. The molecule has 6 nitrogen and oxygen atoms in total. The van der Waals surface area contributed by atoms with Crippen molar-refractivity contribution >= 4 is 27.5 Å². The first-order valence-corrected chi connectivity index (χ1v) is 8.57. The van der Waals surface area contributed by atoms with Crippen molar-refractivity contribution in [2.75, 3.05) is 14.2 Å². The second-order valence-electron chi connectivity index (χ2n) is 5.91. The number of carbonyl (C=O) groups excluding carboxylic acids is 1. The van der Waals surface area contributed by atoms with Crippen molar-refractivity contribution in [2.24, 2.45) is 7.05 Å². The van der Waals surface area contributed by atoms with Crippen molar-refractivity contribution in [1.29, 1.82) is 0 Å². The van der Waals surface area contributed by atoms with E-state index in [2.05, 4.69) is 4.98 Å². The van der Waals surface area contributed by atoms with Crippen LogP contribution in [-0.2, 0) is 13.6 Å². The number of benzene rings is 1. The van der Waals surface area contributed by atoms with Gasteiger partial charge in [-0.15, -0.1) is 11.3 Å². The molecule has 0 N–H and O–H groups in total. The van der Waals surface area contributed by atoms with E-state index in [-0.39, 0.29) is 11.5 Å². The molecule has 0 bridgehead atoms. The zero-order chi connectivity index (χ0) is 18.1. The highest BCUT2D eigenvalue weighted by atomic mass is 32.1. The molecule has 3 rings (SSSR count). The van der Waals surface area contributed by atoms with Crippen molar-refractivity contribution in [1.82, 2.24) is 14.5 Å². The van der Waals surface area contributed by atoms with E-state index in [1.807, 2.05) is 24.3 Å². The third-order valence-corrected chi connectivity index (χ3v) is 5.32.